The van der Waals surface area contributed by atoms with E-state index in [1.54, 1.807) is 0 Å². The fourth-order valence-electron chi connectivity index (χ4n) is 1.82. The number of rotatable bonds is 3. The first kappa shape index (κ1) is 14.0. The number of halogens is 1. The minimum atomic E-state index is -0.507. The van der Waals surface area contributed by atoms with Gasteiger partial charge in [-0.2, -0.15) is 0 Å². The predicted octanol–water partition coefficient (Wildman–Crippen LogP) is 3.10. The molecular formula is C13H11ClN2O4S. The Morgan fingerprint density at radius 3 is 2.90 bits per heavy atom. The van der Waals surface area contributed by atoms with Gasteiger partial charge in [-0.15, -0.1) is 0 Å². The zero-order valence-electron chi connectivity index (χ0n) is 11.0. The van der Waals surface area contributed by atoms with Gasteiger partial charge in [0.05, 0.1) is 7.11 Å². The normalized spacial score (nSPS) is 12.9. The molecule has 0 aliphatic carbocycles. The molecule has 1 N–H and O–H groups in total. The van der Waals surface area contributed by atoms with Gasteiger partial charge in [-0.25, -0.2) is 9.78 Å². The Kier molecular flexibility index (Phi) is 3.85. The van der Waals surface area contributed by atoms with Crippen LogP contribution in [0, 0.1) is 0 Å². The maximum atomic E-state index is 11.5. The minimum Gasteiger partial charge on any atom is -0.486 e. The van der Waals surface area contributed by atoms with Gasteiger partial charge in [0.2, 0.25) is 0 Å². The highest BCUT2D eigenvalue weighted by molar-refractivity contribution is 7.18. The van der Waals surface area contributed by atoms with E-state index in [2.05, 4.69) is 15.0 Å². The summed E-state index contributed by atoms with van der Waals surface area (Å²) in [4.78, 5) is 15.8. The first-order valence-corrected chi connectivity index (χ1v) is 7.28. The Morgan fingerprint density at radius 2 is 2.14 bits per heavy atom. The number of methoxy groups -OCH3 is 1. The molecule has 3 rings (SSSR count). The monoisotopic (exact) mass is 326 g/mol. The molecule has 0 spiro atoms. The van der Waals surface area contributed by atoms with Crippen molar-refractivity contribution in [1.29, 1.82) is 0 Å². The standard InChI is InChI=1S/C13H11ClN2O4S/c1-18-12(17)10-11(14)16-13(21-10)15-7-2-3-8-9(6-7)20-5-4-19-8/h2-3,6H,4-5H2,1H3,(H,15,16). The van der Waals surface area contributed by atoms with Crippen molar-refractivity contribution in [2.45, 2.75) is 0 Å². The van der Waals surface area contributed by atoms with Crippen LogP contribution in [0.25, 0.3) is 0 Å². The number of esters is 1. The maximum Gasteiger partial charge on any atom is 0.351 e. The minimum absolute atomic E-state index is 0.117. The van der Waals surface area contributed by atoms with Crippen LogP contribution in [0.4, 0.5) is 10.8 Å². The topological polar surface area (TPSA) is 69.7 Å². The number of thiazole rings is 1. The van der Waals surface area contributed by atoms with Crippen molar-refractivity contribution in [3.05, 3.63) is 28.2 Å². The van der Waals surface area contributed by atoms with E-state index in [-0.39, 0.29) is 10.0 Å². The van der Waals surface area contributed by atoms with Gasteiger partial charge >= 0.3 is 5.97 Å². The van der Waals surface area contributed by atoms with Gasteiger partial charge < -0.3 is 19.5 Å². The molecule has 1 aromatic heterocycles. The maximum absolute atomic E-state index is 11.5. The third-order valence-corrected chi connectivity index (χ3v) is 4.09. The molecule has 0 amide bonds. The van der Waals surface area contributed by atoms with Crippen LogP contribution in [-0.2, 0) is 4.74 Å². The van der Waals surface area contributed by atoms with Crippen LogP contribution < -0.4 is 14.8 Å². The molecule has 1 aromatic carbocycles. The van der Waals surface area contributed by atoms with Gasteiger partial charge in [-0.1, -0.05) is 22.9 Å². The predicted molar refractivity (Wildman–Crippen MR) is 79.2 cm³/mol. The van der Waals surface area contributed by atoms with Crippen molar-refractivity contribution in [1.82, 2.24) is 4.98 Å². The summed E-state index contributed by atoms with van der Waals surface area (Å²) in [5, 5.41) is 3.69. The lowest BCUT2D eigenvalue weighted by Gasteiger charge is -2.18. The van der Waals surface area contributed by atoms with Crippen molar-refractivity contribution in [2.24, 2.45) is 0 Å². The van der Waals surface area contributed by atoms with E-state index >= 15 is 0 Å². The van der Waals surface area contributed by atoms with Crippen molar-refractivity contribution < 1.29 is 19.0 Å². The molecule has 0 unspecified atom stereocenters. The summed E-state index contributed by atoms with van der Waals surface area (Å²) < 4.78 is 15.6. The molecule has 6 nitrogen and oxygen atoms in total. The molecule has 110 valence electrons. The van der Waals surface area contributed by atoms with Crippen molar-refractivity contribution in [2.75, 3.05) is 25.6 Å². The van der Waals surface area contributed by atoms with E-state index in [4.69, 9.17) is 21.1 Å². The van der Waals surface area contributed by atoms with E-state index in [1.807, 2.05) is 18.2 Å². The summed E-state index contributed by atoms with van der Waals surface area (Å²) in [5.41, 5.74) is 0.765. The van der Waals surface area contributed by atoms with Crippen LogP contribution in [0.2, 0.25) is 5.15 Å². The van der Waals surface area contributed by atoms with Gasteiger partial charge in [0.15, 0.2) is 26.7 Å². The molecule has 21 heavy (non-hydrogen) atoms. The molecular weight excluding hydrogens is 316 g/mol. The number of nitrogens with one attached hydrogen (secondary N) is 1. The fourth-order valence-corrected chi connectivity index (χ4v) is 2.94. The first-order chi connectivity index (χ1) is 10.2. The van der Waals surface area contributed by atoms with E-state index < -0.39 is 5.97 Å². The Morgan fingerprint density at radius 1 is 1.38 bits per heavy atom. The molecule has 2 aromatic rings. The highest BCUT2D eigenvalue weighted by atomic mass is 35.5. The zero-order chi connectivity index (χ0) is 14.8. The number of anilines is 2. The highest BCUT2D eigenvalue weighted by Gasteiger charge is 2.18. The van der Waals surface area contributed by atoms with Crippen LogP contribution in [0.15, 0.2) is 18.2 Å². The molecule has 0 saturated carbocycles. The number of carbonyl (C=O) groups excluding carboxylic acids is 1. The summed E-state index contributed by atoms with van der Waals surface area (Å²) in [6.07, 6.45) is 0. The van der Waals surface area contributed by atoms with Crippen LogP contribution in [0.3, 0.4) is 0 Å². The zero-order valence-corrected chi connectivity index (χ0v) is 12.6. The summed E-state index contributed by atoms with van der Waals surface area (Å²) in [7, 11) is 1.30. The number of fused-ring (bicyclic) bond motifs is 1. The first-order valence-electron chi connectivity index (χ1n) is 6.08. The number of nitrogens with zero attached hydrogens (tertiary/aromatic N) is 1. The second-order valence-electron chi connectivity index (χ2n) is 4.11. The van der Waals surface area contributed by atoms with Crippen LogP contribution in [-0.4, -0.2) is 31.3 Å². The SMILES string of the molecule is COC(=O)c1sc(Nc2ccc3c(c2)OCCO3)nc1Cl. The van der Waals surface area contributed by atoms with Gasteiger partial charge in [-0.05, 0) is 12.1 Å². The van der Waals surface area contributed by atoms with Crippen molar-refractivity contribution in [3.63, 3.8) is 0 Å². The molecule has 0 fully saturated rings. The second-order valence-corrected chi connectivity index (χ2v) is 5.47. The molecule has 8 heteroatoms. The fraction of sp³-hybridized carbons (Fsp3) is 0.231. The summed E-state index contributed by atoms with van der Waals surface area (Å²) >= 11 is 7.04. The third kappa shape index (κ3) is 2.88. The summed E-state index contributed by atoms with van der Waals surface area (Å²) in [5.74, 6) is 0.869. The van der Waals surface area contributed by atoms with Crippen molar-refractivity contribution >= 4 is 39.7 Å². The van der Waals surface area contributed by atoms with Gasteiger partial charge in [0, 0.05) is 11.8 Å². The van der Waals surface area contributed by atoms with Gasteiger partial charge in [0.1, 0.15) is 13.2 Å². The van der Waals surface area contributed by atoms with E-state index in [1.165, 1.54) is 7.11 Å². The number of hydrogen-bond acceptors (Lipinski definition) is 7. The average molecular weight is 327 g/mol. The smallest absolute Gasteiger partial charge is 0.351 e. The van der Waals surface area contributed by atoms with E-state index in [0.29, 0.717) is 29.8 Å². The lowest BCUT2D eigenvalue weighted by atomic mass is 10.2. The molecule has 2 heterocycles. The lowest BCUT2D eigenvalue weighted by Crippen LogP contribution is -2.15. The van der Waals surface area contributed by atoms with Crippen molar-refractivity contribution in [3.8, 4) is 11.5 Å². The third-order valence-electron chi connectivity index (χ3n) is 2.75. The van der Waals surface area contributed by atoms with Gasteiger partial charge in [0.25, 0.3) is 0 Å². The molecule has 0 radical (unpaired) electrons. The summed E-state index contributed by atoms with van der Waals surface area (Å²) in [6, 6.07) is 5.45. The molecule has 0 bridgehead atoms. The quantitative estimate of drug-likeness (QED) is 0.874. The highest BCUT2D eigenvalue weighted by Crippen LogP contribution is 2.35. The largest absolute Gasteiger partial charge is 0.486 e. The number of hydrogen-bond donors (Lipinski definition) is 1. The Labute approximate surface area is 129 Å². The lowest BCUT2D eigenvalue weighted by molar-refractivity contribution is 0.0606. The number of benzene rings is 1. The molecule has 1 aliphatic heterocycles. The Hall–Kier alpha value is -1.99. The molecule has 1 aliphatic rings. The summed E-state index contributed by atoms with van der Waals surface area (Å²) in [6.45, 7) is 1.07. The van der Waals surface area contributed by atoms with Crippen LogP contribution >= 0.6 is 22.9 Å². The Balaban J connectivity index is 1.82. The van der Waals surface area contributed by atoms with Crippen LogP contribution in [0.1, 0.15) is 9.67 Å². The number of carbonyl (C=O) groups is 1. The number of aromatic nitrogens is 1. The van der Waals surface area contributed by atoms with E-state index in [9.17, 15) is 4.79 Å². The average Bonchev–Trinajstić information content (AvgIpc) is 2.87. The molecule has 0 saturated heterocycles. The second kappa shape index (κ2) is 5.79. The van der Waals surface area contributed by atoms with Gasteiger partial charge in [-0.3, -0.25) is 0 Å². The van der Waals surface area contributed by atoms with Crippen LogP contribution in [0.5, 0.6) is 11.5 Å². The van der Waals surface area contributed by atoms with E-state index in [0.717, 1.165) is 17.0 Å². The Bertz CT molecular complexity index is 689. The number of ether oxygens (including phenoxy) is 3. The molecule has 0 atom stereocenters.